The van der Waals surface area contributed by atoms with Gasteiger partial charge >= 0.3 is 0 Å². The quantitative estimate of drug-likeness (QED) is 0.930. The molecule has 0 saturated carbocycles. The number of rotatable bonds is 3. The van der Waals surface area contributed by atoms with E-state index in [0.29, 0.717) is 10.6 Å². The molecule has 0 bridgehead atoms. The molecule has 0 saturated heterocycles. The minimum absolute atomic E-state index is 0.0789. The van der Waals surface area contributed by atoms with Crippen LogP contribution in [0.4, 0.5) is 5.82 Å². The zero-order chi connectivity index (χ0) is 14.9. The zero-order valence-corrected chi connectivity index (χ0v) is 13.1. The highest BCUT2D eigenvalue weighted by atomic mass is 35.5. The highest BCUT2D eigenvalue weighted by Gasteiger charge is 2.19. The predicted molar refractivity (Wildman–Crippen MR) is 81.0 cm³/mol. The first-order valence-electron chi connectivity index (χ1n) is 5.71. The summed E-state index contributed by atoms with van der Waals surface area (Å²) in [6, 6.07) is 6.27. The summed E-state index contributed by atoms with van der Waals surface area (Å²) in [5.74, 6) is 0.260. The average molecular weight is 331 g/mol. The molecular formula is C13H12Cl2N2O2S. The van der Waals surface area contributed by atoms with E-state index in [1.54, 1.807) is 19.1 Å². The van der Waals surface area contributed by atoms with Crippen LogP contribution in [0.15, 0.2) is 35.4 Å². The molecule has 1 aromatic heterocycles. The first kappa shape index (κ1) is 15.1. The molecule has 7 heteroatoms. The fraction of sp³-hybridized carbons (Fsp3) is 0.154. The Bertz CT molecular complexity index is 761. The van der Waals surface area contributed by atoms with E-state index in [4.69, 9.17) is 23.2 Å². The van der Waals surface area contributed by atoms with Crippen LogP contribution >= 0.6 is 23.2 Å². The SMILES string of the molecule is Cc1ccnc(NS(=O)(=O)c2cc(Cl)c(Cl)cc2C)c1. The lowest BCUT2D eigenvalue weighted by Gasteiger charge is -2.11. The van der Waals surface area contributed by atoms with Gasteiger partial charge < -0.3 is 0 Å². The van der Waals surface area contributed by atoms with Gasteiger partial charge in [-0.1, -0.05) is 23.2 Å². The second kappa shape index (κ2) is 5.60. The second-order valence-corrected chi connectivity index (χ2v) is 6.82. The van der Waals surface area contributed by atoms with E-state index in [0.717, 1.165) is 5.56 Å². The van der Waals surface area contributed by atoms with Crippen molar-refractivity contribution in [1.29, 1.82) is 0 Å². The Hall–Kier alpha value is -1.30. The van der Waals surface area contributed by atoms with E-state index in [2.05, 4.69) is 9.71 Å². The molecule has 0 unspecified atom stereocenters. The first-order valence-corrected chi connectivity index (χ1v) is 7.94. The molecule has 0 amide bonds. The summed E-state index contributed by atoms with van der Waals surface area (Å²) in [5.41, 5.74) is 1.42. The lowest BCUT2D eigenvalue weighted by Crippen LogP contribution is -2.15. The van der Waals surface area contributed by atoms with Gasteiger partial charge in [0.05, 0.1) is 14.9 Å². The molecule has 1 heterocycles. The van der Waals surface area contributed by atoms with Gasteiger partial charge in [-0.15, -0.1) is 0 Å². The fourth-order valence-electron chi connectivity index (χ4n) is 1.70. The number of halogens is 2. The molecule has 0 aliphatic heterocycles. The lowest BCUT2D eigenvalue weighted by molar-refractivity contribution is 0.600. The van der Waals surface area contributed by atoms with E-state index < -0.39 is 10.0 Å². The molecule has 1 N–H and O–H groups in total. The van der Waals surface area contributed by atoms with Gasteiger partial charge in [-0.25, -0.2) is 13.4 Å². The standard InChI is InChI=1S/C13H12Cl2N2O2S/c1-8-3-4-16-13(5-8)17-20(18,19)12-7-11(15)10(14)6-9(12)2/h3-7H,1-2H3,(H,16,17). The third kappa shape index (κ3) is 3.23. The second-order valence-electron chi connectivity index (χ2n) is 4.36. The van der Waals surface area contributed by atoms with Crippen LogP contribution in [0.1, 0.15) is 11.1 Å². The molecule has 0 fully saturated rings. The highest BCUT2D eigenvalue weighted by molar-refractivity contribution is 7.92. The summed E-state index contributed by atoms with van der Waals surface area (Å²) < 4.78 is 27.1. The average Bonchev–Trinajstić information content (AvgIpc) is 2.33. The van der Waals surface area contributed by atoms with Gasteiger partial charge in [-0.05, 0) is 49.2 Å². The Kier molecular flexibility index (Phi) is 4.22. The summed E-state index contributed by atoms with van der Waals surface area (Å²) in [7, 11) is -3.76. The van der Waals surface area contributed by atoms with Crippen LogP contribution in [0.25, 0.3) is 0 Å². The fourth-order valence-corrected chi connectivity index (χ4v) is 3.40. The molecule has 0 radical (unpaired) electrons. The van der Waals surface area contributed by atoms with Crippen molar-refractivity contribution in [2.45, 2.75) is 18.7 Å². The predicted octanol–water partition coefficient (Wildman–Crippen LogP) is 3.81. The molecule has 20 heavy (non-hydrogen) atoms. The Balaban J connectivity index is 2.43. The topological polar surface area (TPSA) is 59.1 Å². The minimum Gasteiger partial charge on any atom is -0.263 e. The van der Waals surface area contributed by atoms with Crippen LogP contribution < -0.4 is 4.72 Å². The number of nitrogens with zero attached hydrogens (tertiary/aromatic N) is 1. The van der Waals surface area contributed by atoms with Crippen molar-refractivity contribution in [3.8, 4) is 0 Å². The van der Waals surface area contributed by atoms with Gasteiger partial charge in [0.25, 0.3) is 10.0 Å². The van der Waals surface area contributed by atoms with Crippen molar-refractivity contribution in [2.75, 3.05) is 4.72 Å². The number of pyridine rings is 1. The number of nitrogens with one attached hydrogen (secondary N) is 1. The van der Waals surface area contributed by atoms with E-state index in [9.17, 15) is 8.42 Å². The van der Waals surface area contributed by atoms with E-state index >= 15 is 0 Å². The van der Waals surface area contributed by atoms with Crippen molar-refractivity contribution in [3.05, 3.63) is 51.6 Å². The van der Waals surface area contributed by atoms with Crippen molar-refractivity contribution in [2.24, 2.45) is 0 Å². The summed E-state index contributed by atoms with van der Waals surface area (Å²) >= 11 is 11.7. The normalized spacial score (nSPS) is 11.4. The molecule has 106 valence electrons. The van der Waals surface area contributed by atoms with Crippen LogP contribution in [0.5, 0.6) is 0 Å². The molecule has 0 aliphatic carbocycles. The molecular weight excluding hydrogens is 319 g/mol. The van der Waals surface area contributed by atoms with Crippen molar-refractivity contribution >= 4 is 39.0 Å². The zero-order valence-electron chi connectivity index (χ0n) is 10.8. The number of hydrogen-bond donors (Lipinski definition) is 1. The smallest absolute Gasteiger partial charge is 0.263 e. The van der Waals surface area contributed by atoms with Gasteiger partial charge in [0, 0.05) is 6.20 Å². The molecule has 2 rings (SSSR count). The maximum atomic E-state index is 12.3. The largest absolute Gasteiger partial charge is 0.263 e. The van der Waals surface area contributed by atoms with Crippen molar-refractivity contribution in [1.82, 2.24) is 4.98 Å². The number of anilines is 1. The maximum Gasteiger partial charge on any atom is 0.263 e. The Morgan fingerprint density at radius 2 is 1.75 bits per heavy atom. The van der Waals surface area contributed by atoms with Gasteiger partial charge in [0.15, 0.2) is 0 Å². The summed E-state index contributed by atoms with van der Waals surface area (Å²) in [4.78, 5) is 4.05. The van der Waals surface area contributed by atoms with Crippen LogP contribution in [-0.2, 0) is 10.0 Å². The summed E-state index contributed by atoms with van der Waals surface area (Å²) in [6.07, 6.45) is 1.54. The Morgan fingerprint density at radius 1 is 1.10 bits per heavy atom. The lowest BCUT2D eigenvalue weighted by atomic mass is 10.2. The number of aromatic nitrogens is 1. The molecule has 0 aliphatic rings. The van der Waals surface area contributed by atoms with Gasteiger partial charge in [-0.3, -0.25) is 4.72 Å². The van der Waals surface area contributed by atoms with E-state index in [1.165, 1.54) is 18.3 Å². The maximum absolute atomic E-state index is 12.3. The number of benzene rings is 1. The van der Waals surface area contributed by atoms with Crippen LogP contribution in [0.3, 0.4) is 0 Å². The van der Waals surface area contributed by atoms with Crippen LogP contribution in [0, 0.1) is 13.8 Å². The minimum atomic E-state index is -3.76. The van der Waals surface area contributed by atoms with Gasteiger partial charge in [-0.2, -0.15) is 0 Å². The van der Waals surface area contributed by atoms with E-state index in [1.807, 2.05) is 6.92 Å². The van der Waals surface area contributed by atoms with Crippen molar-refractivity contribution < 1.29 is 8.42 Å². The first-order chi connectivity index (χ1) is 9.29. The number of sulfonamides is 1. The third-order valence-electron chi connectivity index (χ3n) is 2.66. The Morgan fingerprint density at radius 3 is 2.40 bits per heavy atom. The molecule has 4 nitrogen and oxygen atoms in total. The summed E-state index contributed by atoms with van der Waals surface area (Å²) in [6.45, 7) is 3.50. The van der Waals surface area contributed by atoms with E-state index in [-0.39, 0.29) is 15.7 Å². The van der Waals surface area contributed by atoms with Crippen molar-refractivity contribution in [3.63, 3.8) is 0 Å². The molecule has 0 atom stereocenters. The van der Waals surface area contributed by atoms with Crippen LogP contribution in [-0.4, -0.2) is 13.4 Å². The monoisotopic (exact) mass is 330 g/mol. The van der Waals surface area contributed by atoms with Gasteiger partial charge in [0.1, 0.15) is 5.82 Å². The Labute approximate surface area is 127 Å². The number of aryl methyl sites for hydroxylation is 2. The third-order valence-corrected chi connectivity index (χ3v) is 4.88. The highest BCUT2D eigenvalue weighted by Crippen LogP contribution is 2.29. The van der Waals surface area contributed by atoms with Gasteiger partial charge in [0.2, 0.25) is 0 Å². The molecule has 2 aromatic rings. The van der Waals surface area contributed by atoms with Crippen LogP contribution in [0.2, 0.25) is 10.0 Å². The molecule has 1 aromatic carbocycles. The number of hydrogen-bond acceptors (Lipinski definition) is 3. The molecule has 0 spiro atoms. The summed E-state index contributed by atoms with van der Waals surface area (Å²) in [5, 5.41) is 0.506.